The van der Waals surface area contributed by atoms with E-state index in [1.165, 1.54) is 23.0 Å². The second-order valence-corrected chi connectivity index (χ2v) is 7.76. The Kier molecular flexibility index (Phi) is 5.63. The van der Waals surface area contributed by atoms with Crippen LogP contribution >= 0.6 is 23.2 Å². The fourth-order valence-corrected chi connectivity index (χ4v) is 3.74. The Balaban J connectivity index is 1.73. The van der Waals surface area contributed by atoms with Gasteiger partial charge in [-0.3, -0.25) is 9.48 Å². The van der Waals surface area contributed by atoms with Crippen LogP contribution < -0.4 is 5.32 Å². The standard InChI is InChI=1S/C20H16Cl2F2N6O/c1-10-18-13(19(23)24)6-16(11-7-25-29(2)8-11)27-20(18)30(28-10)9-17(31)26-15-4-3-12(21)5-14(15)22/h3-8,19H,9H2,1-2H3,(H,26,31). The van der Waals surface area contributed by atoms with Gasteiger partial charge in [0.05, 0.1) is 33.7 Å². The van der Waals surface area contributed by atoms with Crippen LogP contribution in [-0.4, -0.2) is 30.5 Å². The van der Waals surface area contributed by atoms with Crippen molar-refractivity contribution in [2.24, 2.45) is 7.05 Å². The second-order valence-electron chi connectivity index (χ2n) is 6.91. The van der Waals surface area contributed by atoms with Crippen LogP contribution in [0.2, 0.25) is 10.0 Å². The zero-order chi connectivity index (χ0) is 22.3. The number of fused-ring (bicyclic) bond motifs is 1. The van der Waals surface area contributed by atoms with E-state index in [1.54, 1.807) is 37.0 Å². The lowest BCUT2D eigenvalue weighted by Crippen LogP contribution is -2.20. The molecule has 0 aliphatic heterocycles. The van der Waals surface area contributed by atoms with Gasteiger partial charge in [0.1, 0.15) is 6.54 Å². The number of hydrogen-bond acceptors (Lipinski definition) is 4. The van der Waals surface area contributed by atoms with Gasteiger partial charge in [-0.2, -0.15) is 10.2 Å². The fraction of sp³-hybridized carbons (Fsp3) is 0.200. The summed E-state index contributed by atoms with van der Waals surface area (Å²) in [5.74, 6) is -0.444. The Morgan fingerprint density at radius 2 is 2.03 bits per heavy atom. The number of anilines is 1. The number of aromatic nitrogens is 5. The molecule has 0 aliphatic rings. The summed E-state index contributed by atoms with van der Waals surface area (Å²) in [4.78, 5) is 17.1. The van der Waals surface area contributed by atoms with E-state index in [0.717, 1.165) is 0 Å². The number of carbonyl (C=O) groups is 1. The van der Waals surface area contributed by atoms with Gasteiger partial charge in [0.15, 0.2) is 5.65 Å². The molecule has 0 saturated heterocycles. The monoisotopic (exact) mass is 464 g/mol. The van der Waals surface area contributed by atoms with Gasteiger partial charge in [-0.1, -0.05) is 23.2 Å². The maximum absolute atomic E-state index is 13.8. The van der Waals surface area contributed by atoms with Crippen LogP contribution in [0, 0.1) is 6.92 Å². The van der Waals surface area contributed by atoms with Crippen LogP contribution in [-0.2, 0) is 18.4 Å². The molecular formula is C20H16Cl2F2N6O. The van der Waals surface area contributed by atoms with Crippen LogP contribution in [0.5, 0.6) is 0 Å². The summed E-state index contributed by atoms with van der Waals surface area (Å²) in [6.45, 7) is 1.36. The van der Waals surface area contributed by atoms with E-state index < -0.39 is 12.3 Å². The van der Waals surface area contributed by atoms with Crippen LogP contribution in [0.25, 0.3) is 22.3 Å². The predicted octanol–water partition coefficient (Wildman–Crippen LogP) is 5.02. The normalized spacial score (nSPS) is 11.5. The molecule has 0 bridgehead atoms. The molecule has 4 aromatic rings. The van der Waals surface area contributed by atoms with E-state index in [-0.39, 0.29) is 28.2 Å². The van der Waals surface area contributed by atoms with E-state index in [1.807, 2.05) is 0 Å². The molecule has 31 heavy (non-hydrogen) atoms. The van der Waals surface area contributed by atoms with Gasteiger partial charge < -0.3 is 5.32 Å². The average molecular weight is 465 g/mol. The van der Waals surface area contributed by atoms with Gasteiger partial charge in [-0.05, 0) is 31.2 Å². The highest BCUT2D eigenvalue weighted by Gasteiger charge is 2.22. The molecule has 0 unspecified atom stereocenters. The number of pyridine rings is 1. The number of halogens is 4. The Bertz CT molecular complexity index is 1300. The number of hydrogen-bond donors (Lipinski definition) is 1. The molecule has 160 valence electrons. The molecule has 0 spiro atoms. The average Bonchev–Trinajstić information content (AvgIpc) is 3.27. The topological polar surface area (TPSA) is 77.6 Å². The van der Waals surface area contributed by atoms with E-state index in [4.69, 9.17) is 23.2 Å². The van der Waals surface area contributed by atoms with Crippen molar-refractivity contribution in [3.8, 4) is 11.3 Å². The molecule has 0 fully saturated rings. The van der Waals surface area contributed by atoms with E-state index >= 15 is 0 Å². The summed E-state index contributed by atoms with van der Waals surface area (Å²) in [5, 5.41) is 11.9. The van der Waals surface area contributed by atoms with E-state index in [2.05, 4.69) is 20.5 Å². The molecule has 4 rings (SSSR count). The maximum Gasteiger partial charge on any atom is 0.264 e. The Labute approximate surface area is 185 Å². The van der Waals surface area contributed by atoms with Crippen molar-refractivity contribution in [2.45, 2.75) is 19.9 Å². The van der Waals surface area contributed by atoms with Crippen molar-refractivity contribution in [1.29, 1.82) is 0 Å². The molecular weight excluding hydrogens is 449 g/mol. The molecule has 0 saturated carbocycles. The molecule has 3 heterocycles. The Hall–Kier alpha value is -3.04. The van der Waals surface area contributed by atoms with Crippen molar-refractivity contribution in [2.75, 3.05) is 5.32 Å². The minimum atomic E-state index is -2.74. The van der Waals surface area contributed by atoms with E-state index in [0.29, 0.717) is 27.7 Å². The van der Waals surface area contributed by atoms with Crippen LogP contribution in [0.3, 0.4) is 0 Å². The lowest BCUT2D eigenvalue weighted by Gasteiger charge is -2.09. The first-order chi connectivity index (χ1) is 14.7. The molecule has 3 aromatic heterocycles. The first kappa shape index (κ1) is 21.2. The third-order valence-corrected chi connectivity index (χ3v) is 5.19. The molecule has 11 heteroatoms. The van der Waals surface area contributed by atoms with Gasteiger partial charge in [-0.15, -0.1) is 0 Å². The van der Waals surface area contributed by atoms with Crippen molar-refractivity contribution in [3.63, 3.8) is 0 Å². The fourth-order valence-electron chi connectivity index (χ4n) is 3.29. The van der Waals surface area contributed by atoms with E-state index in [9.17, 15) is 13.6 Å². The second kappa shape index (κ2) is 8.24. The number of carbonyl (C=O) groups excluding carboxylic acids is 1. The molecule has 1 aromatic carbocycles. The lowest BCUT2D eigenvalue weighted by molar-refractivity contribution is -0.116. The number of aryl methyl sites for hydroxylation is 2. The van der Waals surface area contributed by atoms with Crippen molar-refractivity contribution >= 4 is 45.8 Å². The summed E-state index contributed by atoms with van der Waals surface area (Å²) >= 11 is 12.0. The predicted molar refractivity (Wildman–Crippen MR) is 115 cm³/mol. The highest BCUT2D eigenvalue weighted by molar-refractivity contribution is 6.36. The minimum Gasteiger partial charge on any atom is -0.323 e. The number of alkyl halides is 2. The third kappa shape index (κ3) is 4.24. The molecule has 7 nitrogen and oxygen atoms in total. The van der Waals surface area contributed by atoms with Crippen molar-refractivity contribution in [3.05, 3.63) is 58.0 Å². The number of rotatable bonds is 5. The number of nitrogens with zero attached hydrogens (tertiary/aromatic N) is 5. The van der Waals surface area contributed by atoms with Gasteiger partial charge in [0, 0.05) is 29.4 Å². The zero-order valence-corrected chi connectivity index (χ0v) is 17.9. The summed E-state index contributed by atoms with van der Waals surface area (Å²) in [5.41, 5.74) is 1.61. The summed E-state index contributed by atoms with van der Waals surface area (Å²) < 4.78 is 30.5. The van der Waals surface area contributed by atoms with Crippen molar-refractivity contribution < 1.29 is 13.6 Å². The molecule has 0 atom stereocenters. The number of nitrogens with one attached hydrogen (secondary N) is 1. The quantitative estimate of drug-likeness (QED) is 0.449. The summed E-state index contributed by atoms with van der Waals surface area (Å²) in [6, 6.07) is 6.00. The third-order valence-electron chi connectivity index (χ3n) is 4.64. The largest absolute Gasteiger partial charge is 0.323 e. The highest BCUT2D eigenvalue weighted by Crippen LogP contribution is 2.33. The summed E-state index contributed by atoms with van der Waals surface area (Å²) in [6.07, 6.45) is 0.470. The van der Waals surface area contributed by atoms with Crippen molar-refractivity contribution in [1.82, 2.24) is 24.5 Å². The molecule has 0 aliphatic carbocycles. The molecule has 0 radical (unpaired) electrons. The van der Waals surface area contributed by atoms with Gasteiger partial charge in [0.2, 0.25) is 5.91 Å². The minimum absolute atomic E-state index is 0.187. The Morgan fingerprint density at radius 1 is 1.26 bits per heavy atom. The lowest BCUT2D eigenvalue weighted by atomic mass is 10.1. The first-order valence-electron chi connectivity index (χ1n) is 9.13. The summed E-state index contributed by atoms with van der Waals surface area (Å²) in [7, 11) is 1.72. The smallest absolute Gasteiger partial charge is 0.264 e. The maximum atomic E-state index is 13.8. The SMILES string of the molecule is Cc1nn(CC(=O)Nc2ccc(Cl)cc2Cl)c2nc(-c3cnn(C)c3)cc(C(F)F)c12. The van der Waals surface area contributed by atoms with Gasteiger partial charge in [-0.25, -0.2) is 18.4 Å². The Morgan fingerprint density at radius 3 is 2.68 bits per heavy atom. The number of amides is 1. The molecule has 1 amide bonds. The zero-order valence-electron chi connectivity index (χ0n) is 16.4. The first-order valence-corrected chi connectivity index (χ1v) is 9.88. The van der Waals surface area contributed by atoms with Crippen LogP contribution in [0.4, 0.5) is 14.5 Å². The number of benzene rings is 1. The van der Waals surface area contributed by atoms with Gasteiger partial charge >= 0.3 is 0 Å². The van der Waals surface area contributed by atoms with Gasteiger partial charge in [0.25, 0.3) is 6.43 Å². The van der Waals surface area contributed by atoms with Crippen LogP contribution in [0.15, 0.2) is 36.7 Å². The molecule has 1 N–H and O–H groups in total. The van der Waals surface area contributed by atoms with Crippen LogP contribution in [0.1, 0.15) is 17.7 Å². The highest BCUT2D eigenvalue weighted by atomic mass is 35.5.